The first kappa shape index (κ1) is 12.3. The van der Waals surface area contributed by atoms with E-state index in [2.05, 4.69) is 6.58 Å². The Hall–Kier alpha value is -0.340. The molecule has 0 fully saturated rings. The van der Waals surface area contributed by atoms with Gasteiger partial charge in [0.25, 0.3) is 0 Å². The van der Waals surface area contributed by atoms with Crippen molar-refractivity contribution in [1.82, 2.24) is 0 Å². The predicted octanol–water partition coefficient (Wildman–Crippen LogP) is 1.27. The van der Waals surface area contributed by atoms with Crippen molar-refractivity contribution in [2.24, 2.45) is 11.5 Å². The van der Waals surface area contributed by atoms with Crippen molar-refractivity contribution < 1.29 is 0 Å². The van der Waals surface area contributed by atoms with E-state index in [4.69, 9.17) is 11.5 Å². The van der Waals surface area contributed by atoms with Gasteiger partial charge in [0, 0.05) is 0 Å². The number of allylic oxidation sites excluding steroid dienone is 1. The highest BCUT2D eigenvalue weighted by Gasteiger charge is 1.75. The first-order valence-electron chi connectivity index (χ1n) is 3.67. The molecule has 0 rings (SSSR count). The summed E-state index contributed by atoms with van der Waals surface area (Å²) < 4.78 is 0. The van der Waals surface area contributed by atoms with E-state index >= 15 is 0 Å². The summed E-state index contributed by atoms with van der Waals surface area (Å²) in [5.74, 6) is 0. The molecule has 0 heterocycles. The lowest BCUT2D eigenvalue weighted by Crippen LogP contribution is -2.03. The summed E-state index contributed by atoms with van der Waals surface area (Å²) in [7, 11) is 0. The van der Waals surface area contributed by atoms with Crippen LogP contribution in [0.15, 0.2) is 12.2 Å². The van der Waals surface area contributed by atoms with Crippen LogP contribution in [0.3, 0.4) is 0 Å². The molecule has 0 aliphatic heterocycles. The van der Waals surface area contributed by atoms with Crippen LogP contribution in [0.1, 0.15) is 26.7 Å². The third-order valence-electron chi connectivity index (χ3n) is 0.658. The van der Waals surface area contributed by atoms with Crippen molar-refractivity contribution >= 4 is 0 Å². The van der Waals surface area contributed by atoms with Crippen molar-refractivity contribution in [2.45, 2.75) is 26.7 Å². The molecule has 0 aromatic carbocycles. The second-order valence-corrected chi connectivity index (χ2v) is 2.49. The van der Waals surface area contributed by atoms with Crippen molar-refractivity contribution in [3.63, 3.8) is 0 Å². The Labute approximate surface area is 64.3 Å². The Balaban J connectivity index is 0. The van der Waals surface area contributed by atoms with Gasteiger partial charge < -0.3 is 11.5 Å². The maximum Gasteiger partial charge on any atom is -0.00768 e. The van der Waals surface area contributed by atoms with Crippen LogP contribution in [0.25, 0.3) is 0 Å². The van der Waals surface area contributed by atoms with Crippen LogP contribution in [0, 0.1) is 0 Å². The van der Waals surface area contributed by atoms with Crippen LogP contribution in [-0.2, 0) is 0 Å². The maximum atomic E-state index is 5.16. The van der Waals surface area contributed by atoms with E-state index in [1.165, 1.54) is 5.57 Å². The van der Waals surface area contributed by atoms with E-state index in [1.807, 2.05) is 13.8 Å². The average molecular weight is 144 g/mol. The van der Waals surface area contributed by atoms with Crippen LogP contribution in [-0.4, -0.2) is 13.1 Å². The molecular formula is C8H20N2. The smallest absolute Gasteiger partial charge is 0.00768 e. The van der Waals surface area contributed by atoms with Crippen molar-refractivity contribution in [3.05, 3.63) is 12.2 Å². The fraction of sp³-hybridized carbons (Fsp3) is 0.750. The van der Waals surface area contributed by atoms with Gasteiger partial charge in [0.15, 0.2) is 0 Å². The van der Waals surface area contributed by atoms with Gasteiger partial charge in [0.1, 0.15) is 0 Å². The fourth-order valence-electron chi connectivity index (χ4n) is 0.289. The van der Waals surface area contributed by atoms with Crippen molar-refractivity contribution in [2.75, 3.05) is 13.1 Å². The Morgan fingerprint density at radius 1 is 1.10 bits per heavy atom. The monoisotopic (exact) mass is 144 g/mol. The molecule has 2 heteroatoms. The van der Waals surface area contributed by atoms with E-state index in [-0.39, 0.29) is 0 Å². The average Bonchev–Trinajstić information content (AvgIpc) is 1.82. The minimum Gasteiger partial charge on any atom is -0.330 e. The normalized spacial score (nSPS) is 8.00. The quantitative estimate of drug-likeness (QED) is 0.463. The van der Waals surface area contributed by atoms with Crippen molar-refractivity contribution in [1.29, 1.82) is 0 Å². The maximum absolute atomic E-state index is 5.16. The number of rotatable bonds is 3. The molecule has 0 bridgehead atoms. The van der Waals surface area contributed by atoms with Gasteiger partial charge in [0.05, 0.1) is 0 Å². The molecule has 0 saturated heterocycles. The van der Waals surface area contributed by atoms with Gasteiger partial charge in [-0.25, -0.2) is 0 Å². The highest BCUT2D eigenvalue weighted by molar-refractivity contribution is 4.78. The highest BCUT2D eigenvalue weighted by Crippen LogP contribution is 1.77. The van der Waals surface area contributed by atoms with Crippen LogP contribution >= 0.6 is 0 Å². The molecule has 0 aliphatic rings. The standard InChI is InChI=1S/C4H12N2.C4H8/c5-3-1-2-4-6;1-4(2)3/h1-6H2;1H2,2-3H3. The van der Waals surface area contributed by atoms with Gasteiger partial charge in [0.2, 0.25) is 0 Å². The third kappa shape index (κ3) is 48.0. The molecule has 10 heavy (non-hydrogen) atoms. The second-order valence-electron chi connectivity index (χ2n) is 2.49. The zero-order chi connectivity index (χ0) is 8.41. The zero-order valence-electron chi connectivity index (χ0n) is 7.19. The molecule has 0 atom stereocenters. The molecular weight excluding hydrogens is 124 g/mol. The summed E-state index contributed by atoms with van der Waals surface area (Å²) in [6, 6.07) is 0. The Morgan fingerprint density at radius 2 is 1.30 bits per heavy atom. The lowest BCUT2D eigenvalue weighted by Gasteiger charge is -1.87. The number of unbranched alkanes of at least 4 members (excludes halogenated alkanes) is 1. The predicted molar refractivity (Wildman–Crippen MR) is 47.8 cm³/mol. The molecule has 4 N–H and O–H groups in total. The summed E-state index contributed by atoms with van der Waals surface area (Å²) in [5, 5.41) is 0. The lowest BCUT2D eigenvalue weighted by molar-refractivity contribution is 0.755. The zero-order valence-corrected chi connectivity index (χ0v) is 7.19. The van der Waals surface area contributed by atoms with Crippen LogP contribution in [0.4, 0.5) is 0 Å². The fourth-order valence-corrected chi connectivity index (χ4v) is 0.289. The first-order chi connectivity index (χ1) is 4.65. The van der Waals surface area contributed by atoms with E-state index < -0.39 is 0 Å². The molecule has 0 aromatic heterocycles. The molecule has 0 amide bonds. The van der Waals surface area contributed by atoms with Gasteiger partial charge >= 0.3 is 0 Å². The Morgan fingerprint density at radius 3 is 1.40 bits per heavy atom. The highest BCUT2D eigenvalue weighted by atomic mass is 14.5. The summed E-state index contributed by atoms with van der Waals surface area (Å²) in [6.45, 7) is 9.05. The van der Waals surface area contributed by atoms with E-state index in [0.29, 0.717) is 0 Å². The van der Waals surface area contributed by atoms with Crippen molar-refractivity contribution in [3.8, 4) is 0 Å². The Kier molecular flexibility index (Phi) is 14.1. The topological polar surface area (TPSA) is 52.0 Å². The number of nitrogens with two attached hydrogens (primary N) is 2. The van der Waals surface area contributed by atoms with Gasteiger partial charge in [-0.3, -0.25) is 0 Å². The van der Waals surface area contributed by atoms with E-state index in [1.54, 1.807) is 0 Å². The number of hydrogen-bond acceptors (Lipinski definition) is 2. The van der Waals surface area contributed by atoms with E-state index in [0.717, 1.165) is 25.9 Å². The molecule has 62 valence electrons. The SMILES string of the molecule is C=C(C)C.NCCCCN. The van der Waals surface area contributed by atoms with Crippen LogP contribution < -0.4 is 11.5 Å². The van der Waals surface area contributed by atoms with Gasteiger partial charge in [-0.05, 0) is 39.8 Å². The third-order valence-corrected chi connectivity index (χ3v) is 0.658. The second kappa shape index (κ2) is 11.5. The molecule has 0 unspecified atom stereocenters. The Bertz CT molecular complexity index is 61.7. The number of hydrogen-bond donors (Lipinski definition) is 2. The molecule has 0 spiro atoms. The first-order valence-corrected chi connectivity index (χ1v) is 3.67. The van der Waals surface area contributed by atoms with E-state index in [9.17, 15) is 0 Å². The van der Waals surface area contributed by atoms with Gasteiger partial charge in [-0.2, -0.15) is 0 Å². The molecule has 0 aliphatic carbocycles. The van der Waals surface area contributed by atoms with Crippen LogP contribution in [0.5, 0.6) is 0 Å². The van der Waals surface area contributed by atoms with Crippen LogP contribution in [0.2, 0.25) is 0 Å². The minimum absolute atomic E-state index is 0.775. The molecule has 2 nitrogen and oxygen atoms in total. The molecule has 0 radical (unpaired) electrons. The van der Waals surface area contributed by atoms with Gasteiger partial charge in [-0.1, -0.05) is 5.57 Å². The summed E-state index contributed by atoms with van der Waals surface area (Å²) in [5.41, 5.74) is 11.5. The summed E-state index contributed by atoms with van der Waals surface area (Å²) in [6.07, 6.45) is 2.13. The van der Waals surface area contributed by atoms with Gasteiger partial charge in [-0.15, -0.1) is 6.58 Å². The summed E-state index contributed by atoms with van der Waals surface area (Å²) in [4.78, 5) is 0. The minimum atomic E-state index is 0.775. The molecule has 0 saturated carbocycles. The largest absolute Gasteiger partial charge is 0.330 e. The lowest BCUT2D eigenvalue weighted by atomic mass is 10.3. The summed E-state index contributed by atoms with van der Waals surface area (Å²) >= 11 is 0. The molecule has 0 aromatic rings.